The molecule has 0 bridgehead atoms. The quantitative estimate of drug-likeness (QED) is 0.895. The molecular formula is C12H18N2O5S. The highest BCUT2D eigenvalue weighted by Gasteiger charge is 2.36. The van der Waals surface area contributed by atoms with Gasteiger partial charge in [0.2, 0.25) is 10.0 Å². The van der Waals surface area contributed by atoms with Gasteiger partial charge in [0.25, 0.3) is 0 Å². The molecule has 0 spiro atoms. The number of hydrogen-bond donors (Lipinski definition) is 1. The number of aryl methyl sites for hydroxylation is 1. The average Bonchev–Trinajstić information content (AvgIpc) is 2.64. The van der Waals surface area contributed by atoms with Crippen LogP contribution in [0.3, 0.4) is 0 Å². The second-order valence-electron chi connectivity index (χ2n) is 5.00. The second-order valence-corrected chi connectivity index (χ2v) is 6.92. The summed E-state index contributed by atoms with van der Waals surface area (Å²) in [5.41, 5.74) is 0.302. The van der Waals surface area contributed by atoms with Crippen molar-refractivity contribution in [2.45, 2.75) is 44.4 Å². The fraction of sp³-hybridized carbons (Fsp3) is 0.667. The number of rotatable bonds is 4. The Bertz CT molecular complexity index is 580. The first kappa shape index (κ1) is 15.0. The van der Waals surface area contributed by atoms with Crippen molar-refractivity contribution in [3.63, 3.8) is 0 Å². The van der Waals surface area contributed by atoms with Gasteiger partial charge in [0.05, 0.1) is 0 Å². The number of aromatic nitrogens is 1. The molecule has 1 N–H and O–H groups in total. The van der Waals surface area contributed by atoms with Gasteiger partial charge in [0.1, 0.15) is 23.2 Å². The molecule has 0 radical (unpaired) electrons. The lowest BCUT2D eigenvalue weighted by atomic mass is 10.1. The molecule has 7 nitrogen and oxygen atoms in total. The number of sulfonamides is 1. The summed E-state index contributed by atoms with van der Waals surface area (Å²) in [7, 11) is -3.71. The van der Waals surface area contributed by atoms with Crippen LogP contribution in [0.5, 0.6) is 0 Å². The molecule has 1 aliphatic rings. The van der Waals surface area contributed by atoms with Gasteiger partial charge >= 0.3 is 5.97 Å². The van der Waals surface area contributed by atoms with E-state index in [0.717, 1.165) is 17.1 Å². The molecular weight excluding hydrogens is 284 g/mol. The molecule has 20 heavy (non-hydrogen) atoms. The van der Waals surface area contributed by atoms with Gasteiger partial charge in [-0.2, -0.15) is 4.31 Å². The highest BCUT2D eigenvalue weighted by Crippen LogP contribution is 2.22. The van der Waals surface area contributed by atoms with Gasteiger partial charge in [-0.05, 0) is 19.8 Å². The van der Waals surface area contributed by atoms with Crippen molar-refractivity contribution in [1.29, 1.82) is 0 Å². The number of carboxylic acids is 1. The minimum Gasteiger partial charge on any atom is -0.480 e. The Hall–Kier alpha value is -1.41. The van der Waals surface area contributed by atoms with Crippen LogP contribution in [0.25, 0.3) is 0 Å². The molecule has 1 fully saturated rings. The fourth-order valence-corrected chi connectivity index (χ4v) is 4.08. The van der Waals surface area contributed by atoms with E-state index in [1.54, 1.807) is 13.0 Å². The maximum absolute atomic E-state index is 12.4. The van der Waals surface area contributed by atoms with Crippen LogP contribution in [-0.4, -0.2) is 41.5 Å². The Morgan fingerprint density at radius 3 is 2.85 bits per heavy atom. The second kappa shape index (κ2) is 5.92. The van der Waals surface area contributed by atoms with Crippen LogP contribution < -0.4 is 0 Å². The third kappa shape index (κ3) is 3.37. The van der Waals surface area contributed by atoms with E-state index < -0.39 is 22.0 Å². The molecule has 1 atom stereocenters. The third-order valence-electron chi connectivity index (χ3n) is 3.35. The summed E-state index contributed by atoms with van der Waals surface area (Å²) in [6, 6.07) is 0.570. The molecule has 0 saturated carbocycles. The normalized spacial score (nSPS) is 21.6. The van der Waals surface area contributed by atoms with Gasteiger partial charge in [0, 0.05) is 12.6 Å². The Labute approximate surface area is 117 Å². The van der Waals surface area contributed by atoms with Crippen LogP contribution in [0.4, 0.5) is 0 Å². The fourth-order valence-electron chi connectivity index (χ4n) is 2.42. The average molecular weight is 302 g/mol. The summed E-state index contributed by atoms with van der Waals surface area (Å²) in [6.45, 7) is 1.92. The van der Waals surface area contributed by atoms with Crippen LogP contribution in [0.1, 0.15) is 37.1 Å². The number of nitrogens with zero attached hydrogens (tertiary/aromatic N) is 2. The van der Waals surface area contributed by atoms with Crippen molar-refractivity contribution in [3.05, 3.63) is 17.5 Å². The summed E-state index contributed by atoms with van der Waals surface area (Å²) >= 11 is 0. The van der Waals surface area contributed by atoms with E-state index in [9.17, 15) is 18.3 Å². The molecule has 1 saturated heterocycles. The maximum atomic E-state index is 12.4. The molecule has 1 aromatic rings. The number of carboxylic acid groups (broad SMARTS) is 1. The Morgan fingerprint density at radius 2 is 2.25 bits per heavy atom. The van der Waals surface area contributed by atoms with Crippen molar-refractivity contribution in [3.8, 4) is 0 Å². The van der Waals surface area contributed by atoms with Gasteiger partial charge in [-0.3, -0.25) is 4.79 Å². The van der Waals surface area contributed by atoms with Crippen LogP contribution in [0.2, 0.25) is 0 Å². The predicted molar refractivity (Wildman–Crippen MR) is 70.5 cm³/mol. The Morgan fingerprint density at radius 1 is 1.50 bits per heavy atom. The van der Waals surface area contributed by atoms with E-state index >= 15 is 0 Å². The van der Waals surface area contributed by atoms with E-state index in [2.05, 4.69) is 5.16 Å². The molecule has 2 heterocycles. The molecule has 2 rings (SSSR count). The largest absolute Gasteiger partial charge is 0.480 e. The van der Waals surface area contributed by atoms with Gasteiger partial charge in [-0.15, -0.1) is 0 Å². The maximum Gasteiger partial charge on any atom is 0.322 e. The lowest BCUT2D eigenvalue weighted by molar-refractivity contribution is -0.141. The summed E-state index contributed by atoms with van der Waals surface area (Å²) in [5.74, 6) is -0.888. The minimum atomic E-state index is -3.71. The first-order valence-corrected chi connectivity index (χ1v) is 8.15. The smallest absolute Gasteiger partial charge is 0.322 e. The highest BCUT2D eigenvalue weighted by molar-refractivity contribution is 7.88. The van der Waals surface area contributed by atoms with Crippen LogP contribution in [0.15, 0.2) is 10.6 Å². The van der Waals surface area contributed by atoms with E-state index in [4.69, 9.17) is 4.52 Å². The standard InChI is InChI=1S/C12H18N2O5S/c1-9-7-10(13-19-9)8-20(17,18)14-6-4-2-3-5-11(14)12(15)16/h7,11H,2-6,8H2,1H3,(H,15,16). The zero-order chi connectivity index (χ0) is 14.8. The van der Waals surface area contributed by atoms with Crippen molar-refractivity contribution < 1.29 is 22.8 Å². The zero-order valence-corrected chi connectivity index (χ0v) is 12.1. The van der Waals surface area contributed by atoms with Crippen LogP contribution in [0, 0.1) is 6.92 Å². The van der Waals surface area contributed by atoms with E-state index in [0.29, 0.717) is 24.3 Å². The lowest BCUT2D eigenvalue weighted by Gasteiger charge is -2.25. The van der Waals surface area contributed by atoms with Crippen molar-refractivity contribution in [2.24, 2.45) is 0 Å². The molecule has 0 aliphatic carbocycles. The molecule has 1 unspecified atom stereocenters. The summed E-state index contributed by atoms with van der Waals surface area (Å²) in [4.78, 5) is 11.3. The summed E-state index contributed by atoms with van der Waals surface area (Å²) < 4.78 is 30.8. The van der Waals surface area contributed by atoms with Gasteiger partial charge in [-0.25, -0.2) is 8.42 Å². The molecule has 1 aliphatic heterocycles. The SMILES string of the molecule is Cc1cc(CS(=O)(=O)N2CCCCCC2C(=O)O)no1. The molecule has 0 aromatic carbocycles. The van der Waals surface area contributed by atoms with Crippen LogP contribution in [-0.2, 0) is 20.6 Å². The van der Waals surface area contributed by atoms with Crippen molar-refractivity contribution in [1.82, 2.24) is 9.46 Å². The number of hydrogen-bond acceptors (Lipinski definition) is 5. The van der Waals surface area contributed by atoms with Gasteiger partial charge < -0.3 is 9.63 Å². The summed E-state index contributed by atoms with van der Waals surface area (Å²) in [5, 5.41) is 12.9. The van der Waals surface area contributed by atoms with Crippen molar-refractivity contribution >= 4 is 16.0 Å². The molecule has 1 aromatic heterocycles. The number of carbonyl (C=O) groups is 1. The Balaban J connectivity index is 2.22. The third-order valence-corrected chi connectivity index (χ3v) is 5.17. The molecule has 112 valence electrons. The summed E-state index contributed by atoms with van der Waals surface area (Å²) in [6.07, 6.45) is 2.61. The van der Waals surface area contributed by atoms with E-state index in [1.807, 2.05) is 0 Å². The number of aliphatic carboxylic acids is 1. The first-order valence-electron chi connectivity index (χ1n) is 6.54. The predicted octanol–water partition coefficient (Wildman–Crippen LogP) is 1.14. The Kier molecular flexibility index (Phi) is 4.44. The van der Waals surface area contributed by atoms with Gasteiger partial charge in [-0.1, -0.05) is 18.0 Å². The highest BCUT2D eigenvalue weighted by atomic mass is 32.2. The zero-order valence-electron chi connectivity index (χ0n) is 11.3. The monoisotopic (exact) mass is 302 g/mol. The van der Waals surface area contributed by atoms with Crippen LogP contribution >= 0.6 is 0 Å². The van der Waals surface area contributed by atoms with E-state index in [1.165, 1.54) is 0 Å². The lowest BCUT2D eigenvalue weighted by Crippen LogP contribution is -2.45. The van der Waals surface area contributed by atoms with Gasteiger partial charge in [0.15, 0.2) is 0 Å². The first-order chi connectivity index (χ1) is 9.40. The topological polar surface area (TPSA) is 101 Å². The van der Waals surface area contributed by atoms with Crippen molar-refractivity contribution in [2.75, 3.05) is 6.54 Å². The minimum absolute atomic E-state index is 0.246. The molecule has 0 amide bonds. The molecule has 8 heteroatoms. The van der Waals surface area contributed by atoms with E-state index in [-0.39, 0.29) is 12.3 Å².